The molecular weight excluding hydrogens is 228 g/mol. The Morgan fingerprint density at radius 2 is 2.11 bits per heavy atom. The van der Waals surface area contributed by atoms with E-state index in [0.29, 0.717) is 5.92 Å². The molecule has 104 valence electrons. The van der Waals surface area contributed by atoms with Crippen LogP contribution in [0.5, 0.6) is 5.75 Å². The van der Waals surface area contributed by atoms with E-state index < -0.39 is 0 Å². The molecule has 1 aromatic rings. The molecule has 0 saturated heterocycles. The molecule has 18 heavy (non-hydrogen) atoms. The van der Waals surface area contributed by atoms with Crippen LogP contribution in [-0.4, -0.2) is 16.9 Å². The van der Waals surface area contributed by atoms with E-state index >= 15 is 0 Å². The molecule has 0 aromatic carbocycles. The summed E-state index contributed by atoms with van der Waals surface area (Å²) in [6.07, 6.45) is 4.01. The number of nitrogens with two attached hydrogens (primary N) is 1. The first-order chi connectivity index (χ1) is 8.56. The first-order valence-electron chi connectivity index (χ1n) is 6.64. The maximum atomic E-state index is 5.74. The van der Waals surface area contributed by atoms with Crippen molar-refractivity contribution in [3.05, 3.63) is 11.9 Å². The van der Waals surface area contributed by atoms with Gasteiger partial charge in [0, 0.05) is 6.04 Å². The maximum Gasteiger partial charge on any atom is 0.161 e. The van der Waals surface area contributed by atoms with Crippen LogP contribution in [0.3, 0.4) is 0 Å². The van der Waals surface area contributed by atoms with E-state index in [-0.39, 0.29) is 12.1 Å². The van der Waals surface area contributed by atoms with Crippen molar-refractivity contribution in [3.63, 3.8) is 0 Å². The van der Waals surface area contributed by atoms with Gasteiger partial charge in [-0.1, -0.05) is 20.3 Å². The van der Waals surface area contributed by atoms with Crippen molar-refractivity contribution < 1.29 is 4.74 Å². The zero-order valence-electron chi connectivity index (χ0n) is 12.1. The summed E-state index contributed by atoms with van der Waals surface area (Å²) in [7, 11) is 1.67. The summed E-state index contributed by atoms with van der Waals surface area (Å²) in [6, 6.07) is 0.346. The molecule has 0 amide bonds. The average molecular weight is 254 g/mol. The summed E-state index contributed by atoms with van der Waals surface area (Å²) in [4.78, 5) is 0. The molecule has 1 aromatic heterocycles. The van der Waals surface area contributed by atoms with E-state index in [1.54, 1.807) is 13.3 Å². The standard InChI is InChI=1S/C13H26N4O/c1-6-7-10(4)12(16-14)13-11(18-5)8-15-17(13)9(2)3/h8-10,12,16H,6-7,14H2,1-5H3. The van der Waals surface area contributed by atoms with E-state index in [0.717, 1.165) is 24.3 Å². The van der Waals surface area contributed by atoms with Gasteiger partial charge in [0.05, 0.1) is 25.0 Å². The van der Waals surface area contributed by atoms with Crippen molar-refractivity contribution in [1.82, 2.24) is 15.2 Å². The van der Waals surface area contributed by atoms with E-state index in [9.17, 15) is 0 Å². The number of methoxy groups -OCH3 is 1. The monoisotopic (exact) mass is 254 g/mol. The van der Waals surface area contributed by atoms with Crippen LogP contribution >= 0.6 is 0 Å². The normalized spacial score (nSPS) is 14.8. The summed E-state index contributed by atoms with van der Waals surface area (Å²) in [5.41, 5.74) is 3.96. The minimum atomic E-state index is 0.0600. The van der Waals surface area contributed by atoms with Gasteiger partial charge < -0.3 is 4.74 Å². The van der Waals surface area contributed by atoms with E-state index in [1.165, 1.54) is 0 Å². The van der Waals surface area contributed by atoms with Crippen LogP contribution in [0.25, 0.3) is 0 Å². The lowest BCUT2D eigenvalue weighted by Gasteiger charge is -2.25. The van der Waals surface area contributed by atoms with Gasteiger partial charge in [0.1, 0.15) is 0 Å². The largest absolute Gasteiger partial charge is 0.493 e. The van der Waals surface area contributed by atoms with Crippen LogP contribution < -0.4 is 16.0 Å². The number of nitrogens with zero attached hydrogens (tertiary/aromatic N) is 2. The number of aromatic nitrogens is 2. The topological polar surface area (TPSA) is 65.1 Å². The first-order valence-corrected chi connectivity index (χ1v) is 6.64. The molecule has 0 aliphatic rings. The Kier molecular flexibility index (Phi) is 5.62. The third-order valence-electron chi connectivity index (χ3n) is 3.29. The highest BCUT2D eigenvalue weighted by Crippen LogP contribution is 2.33. The fraction of sp³-hybridized carbons (Fsp3) is 0.769. The van der Waals surface area contributed by atoms with Gasteiger partial charge in [-0.15, -0.1) is 0 Å². The van der Waals surface area contributed by atoms with Gasteiger partial charge in [0.15, 0.2) is 5.75 Å². The minimum Gasteiger partial charge on any atom is -0.493 e. The van der Waals surface area contributed by atoms with Gasteiger partial charge in [-0.05, 0) is 26.2 Å². The molecule has 0 fully saturated rings. The number of hydrogen-bond donors (Lipinski definition) is 2. The van der Waals surface area contributed by atoms with Crippen LogP contribution in [-0.2, 0) is 0 Å². The molecule has 0 bridgehead atoms. The molecule has 5 heteroatoms. The van der Waals surface area contributed by atoms with Gasteiger partial charge >= 0.3 is 0 Å². The minimum absolute atomic E-state index is 0.0600. The number of hydrogen-bond acceptors (Lipinski definition) is 4. The molecule has 3 N–H and O–H groups in total. The van der Waals surface area contributed by atoms with Crippen LogP contribution in [0.1, 0.15) is 58.3 Å². The lowest BCUT2D eigenvalue weighted by Crippen LogP contribution is -2.34. The Morgan fingerprint density at radius 1 is 1.44 bits per heavy atom. The fourth-order valence-corrected chi connectivity index (χ4v) is 2.36. The molecule has 2 unspecified atom stereocenters. The van der Waals surface area contributed by atoms with Crippen LogP contribution in [0.2, 0.25) is 0 Å². The summed E-state index contributed by atoms with van der Waals surface area (Å²) < 4.78 is 7.39. The van der Waals surface area contributed by atoms with Crippen LogP contribution in [0.4, 0.5) is 0 Å². The molecule has 0 aliphatic heterocycles. The molecule has 0 saturated carbocycles. The molecule has 0 aliphatic carbocycles. The Hall–Kier alpha value is -1.07. The molecule has 5 nitrogen and oxygen atoms in total. The summed E-state index contributed by atoms with van der Waals surface area (Å²) in [5, 5.41) is 4.39. The second kappa shape index (κ2) is 6.75. The Bertz CT molecular complexity index is 362. The highest BCUT2D eigenvalue weighted by Gasteiger charge is 2.26. The summed E-state index contributed by atoms with van der Waals surface area (Å²) in [5.74, 6) is 6.98. The first kappa shape index (κ1) is 15.0. The zero-order chi connectivity index (χ0) is 13.7. The van der Waals surface area contributed by atoms with E-state index in [1.807, 2.05) is 4.68 Å². The zero-order valence-corrected chi connectivity index (χ0v) is 12.1. The lowest BCUT2D eigenvalue weighted by atomic mass is 9.94. The van der Waals surface area contributed by atoms with Crippen molar-refractivity contribution in [1.29, 1.82) is 0 Å². The van der Waals surface area contributed by atoms with E-state index in [2.05, 4.69) is 38.2 Å². The second-order valence-electron chi connectivity index (χ2n) is 5.05. The van der Waals surface area contributed by atoms with Crippen molar-refractivity contribution in [3.8, 4) is 5.75 Å². The highest BCUT2D eigenvalue weighted by atomic mass is 16.5. The van der Waals surface area contributed by atoms with Gasteiger partial charge in [0.2, 0.25) is 0 Å². The van der Waals surface area contributed by atoms with Crippen LogP contribution in [0.15, 0.2) is 6.20 Å². The Morgan fingerprint density at radius 3 is 2.56 bits per heavy atom. The third-order valence-corrected chi connectivity index (χ3v) is 3.29. The molecule has 0 spiro atoms. The van der Waals surface area contributed by atoms with Gasteiger partial charge in [0.25, 0.3) is 0 Å². The SMILES string of the molecule is CCCC(C)C(NN)c1c(OC)cnn1C(C)C. The van der Waals surface area contributed by atoms with Gasteiger partial charge in [-0.25, -0.2) is 0 Å². The van der Waals surface area contributed by atoms with Crippen LogP contribution in [0, 0.1) is 5.92 Å². The average Bonchev–Trinajstić information content (AvgIpc) is 2.74. The third kappa shape index (κ3) is 3.03. The van der Waals surface area contributed by atoms with Crippen molar-refractivity contribution in [2.45, 2.75) is 52.6 Å². The number of ether oxygens (including phenoxy) is 1. The van der Waals surface area contributed by atoms with Crippen molar-refractivity contribution in [2.24, 2.45) is 11.8 Å². The number of nitrogens with one attached hydrogen (secondary N) is 1. The molecule has 0 radical (unpaired) electrons. The molecule has 1 rings (SSSR count). The lowest BCUT2D eigenvalue weighted by molar-refractivity contribution is 0.320. The smallest absolute Gasteiger partial charge is 0.161 e. The summed E-state index contributed by atoms with van der Waals surface area (Å²) in [6.45, 7) is 8.59. The predicted octanol–water partition coefficient (Wildman–Crippen LogP) is 2.41. The Balaban J connectivity index is 3.13. The van der Waals surface area contributed by atoms with Gasteiger partial charge in [-0.3, -0.25) is 16.0 Å². The highest BCUT2D eigenvalue weighted by molar-refractivity contribution is 5.29. The Labute approximate surface area is 110 Å². The maximum absolute atomic E-state index is 5.74. The van der Waals surface area contributed by atoms with Gasteiger partial charge in [-0.2, -0.15) is 5.10 Å². The van der Waals surface area contributed by atoms with E-state index in [4.69, 9.17) is 10.6 Å². The quantitative estimate of drug-likeness (QED) is 0.579. The molecule has 2 atom stereocenters. The second-order valence-corrected chi connectivity index (χ2v) is 5.05. The molecule has 1 heterocycles. The number of hydrazine groups is 1. The predicted molar refractivity (Wildman–Crippen MR) is 73.3 cm³/mol. The summed E-state index contributed by atoms with van der Waals surface area (Å²) >= 11 is 0. The number of rotatable bonds is 7. The van der Waals surface area contributed by atoms with Crippen molar-refractivity contribution >= 4 is 0 Å². The fourth-order valence-electron chi connectivity index (χ4n) is 2.36. The van der Waals surface area contributed by atoms with Crippen molar-refractivity contribution in [2.75, 3.05) is 7.11 Å². The molecular formula is C13H26N4O.